The zero-order valence-corrected chi connectivity index (χ0v) is 15.8. The van der Waals surface area contributed by atoms with Crippen molar-refractivity contribution in [1.29, 1.82) is 0 Å². The van der Waals surface area contributed by atoms with Gasteiger partial charge in [-0.25, -0.2) is 13.1 Å². The molecule has 0 unspecified atom stereocenters. The van der Waals surface area contributed by atoms with Gasteiger partial charge in [0.2, 0.25) is 23.6 Å². The standard InChI is InChI=1S/C18H20N2O6S/c1-20(2)14(12-3-5-15-17(7-12)25-10-23-15)9-19-27(21,22)13-4-6-16-18(8-13)26-11-24-16/h3-8,14,19H,9-11H2,1-2H3/t14-/m1/s1. The average Bonchev–Trinajstić information content (AvgIpc) is 3.29. The third kappa shape index (κ3) is 3.53. The van der Waals surface area contributed by atoms with Crippen LogP contribution in [0.2, 0.25) is 0 Å². The minimum atomic E-state index is -3.70. The number of nitrogens with one attached hydrogen (secondary N) is 1. The van der Waals surface area contributed by atoms with Gasteiger partial charge in [-0.05, 0) is 43.9 Å². The molecule has 0 bridgehead atoms. The molecule has 0 fully saturated rings. The quantitative estimate of drug-likeness (QED) is 0.801. The van der Waals surface area contributed by atoms with Crippen LogP contribution >= 0.6 is 0 Å². The molecule has 9 heteroatoms. The number of fused-ring (bicyclic) bond motifs is 2. The van der Waals surface area contributed by atoms with E-state index in [4.69, 9.17) is 18.9 Å². The lowest BCUT2D eigenvalue weighted by atomic mass is 10.1. The summed E-state index contributed by atoms with van der Waals surface area (Å²) in [7, 11) is 0.0879. The summed E-state index contributed by atoms with van der Waals surface area (Å²) in [6.07, 6.45) is 0. The highest BCUT2D eigenvalue weighted by atomic mass is 32.2. The molecule has 1 atom stereocenters. The molecular weight excluding hydrogens is 372 g/mol. The van der Waals surface area contributed by atoms with Gasteiger partial charge in [0.15, 0.2) is 23.0 Å². The smallest absolute Gasteiger partial charge is 0.240 e. The normalized spacial score (nSPS) is 16.0. The molecule has 0 aromatic heterocycles. The Bertz CT molecular complexity index is 960. The predicted molar refractivity (Wildman–Crippen MR) is 96.7 cm³/mol. The van der Waals surface area contributed by atoms with Gasteiger partial charge in [-0.2, -0.15) is 0 Å². The van der Waals surface area contributed by atoms with Crippen molar-refractivity contribution in [2.24, 2.45) is 0 Å². The van der Waals surface area contributed by atoms with Crippen molar-refractivity contribution < 1.29 is 27.4 Å². The van der Waals surface area contributed by atoms with Crippen LogP contribution in [0.5, 0.6) is 23.0 Å². The van der Waals surface area contributed by atoms with Crippen LogP contribution in [0.3, 0.4) is 0 Å². The number of likely N-dealkylation sites (N-methyl/N-ethyl adjacent to an activating group) is 1. The molecule has 0 saturated carbocycles. The van der Waals surface area contributed by atoms with E-state index in [1.165, 1.54) is 12.1 Å². The maximum absolute atomic E-state index is 12.7. The maximum atomic E-state index is 12.7. The van der Waals surface area contributed by atoms with Crippen molar-refractivity contribution >= 4 is 10.0 Å². The first kappa shape index (κ1) is 17.9. The van der Waals surface area contributed by atoms with Gasteiger partial charge in [-0.3, -0.25) is 0 Å². The Morgan fingerprint density at radius 3 is 2.19 bits per heavy atom. The van der Waals surface area contributed by atoms with Crippen LogP contribution in [-0.2, 0) is 10.0 Å². The Morgan fingerprint density at radius 2 is 1.52 bits per heavy atom. The highest BCUT2D eigenvalue weighted by molar-refractivity contribution is 7.89. The minimum absolute atomic E-state index is 0.0963. The van der Waals surface area contributed by atoms with E-state index in [0.717, 1.165) is 5.56 Å². The van der Waals surface area contributed by atoms with Gasteiger partial charge in [0.25, 0.3) is 0 Å². The molecule has 2 aromatic carbocycles. The Labute approximate surface area is 157 Å². The number of benzene rings is 2. The molecule has 2 aliphatic heterocycles. The van der Waals surface area contributed by atoms with E-state index in [-0.39, 0.29) is 31.1 Å². The molecule has 27 heavy (non-hydrogen) atoms. The Balaban J connectivity index is 1.52. The van der Waals surface area contributed by atoms with Crippen molar-refractivity contribution in [2.45, 2.75) is 10.9 Å². The average molecular weight is 392 g/mol. The second-order valence-electron chi connectivity index (χ2n) is 6.46. The number of hydrogen-bond acceptors (Lipinski definition) is 7. The van der Waals surface area contributed by atoms with Crippen LogP contribution in [0.4, 0.5) is 0 Å². The third-order valence-corrected chi connectivity index (χ3v) is 5.95. The molecule has 0 aliphatic carbocycles. The Kier molecular flexibility index (Phi) is 4.58. The van der Waals surface area contributed by atoms with Gasteiger partial charge in [0.1, 0.15) is 0 Å². The second-order valence-corrected chi connectivity index (χ2v) is 8.23. The summed E-state index contributed by atoms with van der Waals surface area (Å²) in [5.41, 5.74) is 0.928. The lowest BCUT2D eigenvalue weighted by molar-refractivity contribution is 0.173. The first-order valence-electron chi connectivity index (χ1n) is 8.39. The molecule has 1 N–H and O–H groups in total. The highest BCUT2D eigenvalue weighted by Gasteiger charge is 2.24. The van der Waals surface area contributed by atoms with Gasteiger partial charge in [0.05, 0.1) is 4.90 Å². The molecule has 0 saturated heterocycles. The van der Waals surface area contributed by atoms with Crippen molar-refractivity contribution in [1.82, 2.24) is 9.62 Å². The zero-order valence-electron chi connectivity index (χ0n) is 15.0. The monoisotopic (exact) mass is 392 g/mol. The Morgan fingerprint density at radius 1 is 0.926 bits per heavy atom. The molecule has 0 amide bonds. The van der Waals surface area contributed by atoms with Gasteiger partial charge in [0, 0.05) is 18.7 Å². The summed E-state index contributed by atoms with van der Waals surface area (Å²) in [6.45, 7) is 0.491. The third-order valence-electron chi connectivity index (χ3n) is 4.53. The lowest BCUT2D eigenvalue weighted by Crippen LogP contribution is -2.34. The summed E-state index contributed by atoms with van der Waals surface area (Å²) in [4.78, 5) is 2.08. The van der Waals surface area contributed by atoms with Gasteiger partial charge >= 0.3 is 0 Å². The van der Waals surface area contributed by atoms with E-state index in [9.17, 15) is 8.42 Å². The predicted octanol–water partition coefficient (Wildman–Crippen LogP) is 1.73. The van der Waals surface area contributed by atoms with Gasteiger partial charge < -0.3 is 23.8 Å². The van der Waals surface area contributed by atoms with Crippen molar-refractivity contribution in [3.8, 4) is 23.0 Å². The summed E-state index contributed by atoms with van der Waals surface area (Å²) in [5, 5.41) is 0. The molecule has 8 nitrogen and oxygen atoms in total. The molecule has 4 rings (SSSR count). The summed E-state index contributed by atoms with van der Waals surface area (Å²) in [6, 6.07) is 10.0. The fraction of sp³-hybridized carbons (Fsp3) is 0.333. The summed E-state index contributed by atoms with van der Waals surface area (Å²) >= 11 is 0. The minimum Gasteiger partial charge on any atom is -0.454 e. The zero-order chi connectivity index (χ0) is 19.0. The van der Waals surface area contributed by atoms with Crippen LogP contribution in [0.25, 0.3) is 0 Å². The van der Waals surface area contributed by atoms with Crippen LogP contribution in [0.15, 0.2) is 41.3 Å². The number of nitrogens with zero attached hydrogens (tertiary/aromatic N) is 1. The van der Waals surface area contributed by atoms with E-state index in [1.54, 1.807) is 6.07 Å². The van der Waals surface area contributed by atoms with Crippen LogP contribution in [-0.4, -0.2) is 47.5 Å². The lowest BCUT2D eigenvalue weighted by Gasteiger charge is -2.25. The van der Waals surface area contributed by atoms with Crippen LogP contribution < -0.4 is 23.7 Å². The number of ether oxygens (including phenoxy) is 4. The molecule has 2 aliphatic rings. The number of sulfonamides is 1. The SMILES string of the molecule is CN(C)[C@H](CNS(=O)(=O)c1ccc2c(c1)OCO2)c1ccc2c(c1)OCO2. The fourth-order valence-corrected chi connectivity index (χ4v) is 4.09. The molecule has 0 spiro atoms. The van der Waals surface area contributed by atoms with E-state index < -0.39 is 10.0 Å². The number of hydrogen-bond donors (Lipinski definition) is 1. The van der Waals surface area contributed by atoms with Crippen LogP contribution in [0, 0.1) is 0 Å². The van der Waals surface area contributed by atoms with Crippen molar-refractivity contribution in [3.63, 3.8) is 0 Å². The first-order chi connectivity index (χ1) is 12.9. The molecule has 2 aromatic rings. The molecule has 144 valence electrons. The fourth-order valence-electron chi connectivity index (χ4n) is 3.03. The topological polar surface area (TPSA) is 86.3 Å². The van der Waals surface area contributed by atoms with Crippen LogP contribution in [0.1, 0.15) is 11.6 Å². The van der Waals surface area contributed by atoms with E-state index in [0.29, 0.717) is 23.0 Å². The van der Waals surface area contributed by atoms with Crippen molar-refractivity contribution in [2.75, 3.05) is 34.2 Å². The summed E-state index contributed by atoms with van der Waals surface area (Å²) in [5.74, 6) is 2.33. The number of rotatable bonds is 6. The molecular formula is C18H20N2O6S. The van der Waals surface area contributed by atoms with E-state index in [1.807, 2.05) is 37.2 Å². The first-order valence-corrected chi connectivity index (χ1v) is 9.88. The second kappa shape index (κ2) is 6.91. The largest absolute Gasteiger partial charge is 0.454 e. The van der Waals surface area contributed by atoms with Crippen molar-refractivity contribution in [3.05, 3.63) is 42.0 Å². The maximum Gasteiger partial charge on any atom is 0.240 e. The Hall–Kier alpha value is -2.49. The van der Waals surface area contributed by atoms with E-state index in [2.05, 4.69) is 4.72 Å². The van der Waals surface area contributed by atoms with Gasteiger partial charge in [-0.1, -0.05) is 6.07 Å². The van der Waals surface area contributed by atoms with Gasteiger partial charge in [-0.15, -0.1) is 0 Å². The molecule has 2 heterocycles. The molecule has 0 radical (unpaired) electrons. The summed E-state index contributed by atoms with van der Waals surface area (Å²) < 4.78 is 49.3. The highest BCUT2D eigenvalue weighted by Crippen LogP contribution is 2.36. The van der Waals surface area contributed by atoms with E-state index >= 15 is 0 Å².